The Morgan fingerprint density at radius 2 is 1.94 bits per heavy atom. The number of nitrogens with one attached hydrogen (secondary N) is 1. The fourth-order valence-electron chi connectivity index (χ4n) is 2.93. The third-order valence-electron chi connectivity index (χ3n) is 4.68. The highest BCUT2D eigenvalue weighted by atomic mass is 16.5. The zero-order chi connectivity index (χ0) is 25.0. The minimum Gasteiger partial charge on any atom is -0.507 e. The van der Waals surface area contributed by atoms with E-state index in [1.807, 2.05) is 45.1 Å². The van der Waals surface area contributed by atoms with Gasteiger partial charge >= 0.3 is 0 Å². The zero-order valence-corrected chi connectivity index (χ0v) is 20.0. The van der Waals surface area contributed by atoms with E-state index < -0.39 is 0 Å². The van der Waals surface area contributed by atoms with Gasteiger partial charge in [-0.15, -0.1) is 13.2 Å². The molecule has 0 atom stereocenters. The number of carbonyl (C=O) groups excluding carboxylic acids is 1. The van der Waals surface area contributed by atoms with Crippen LogP contribution in [-0.4, -0.2) is 39.5 Å². The predicted molar refractivity (Wildman–Crippen MR) is 135 cm³/mol. The molecule has 176 valence electrons. The Morgan fingerprint density at radius 1 is 1.24 bits per heavy atom. The van der Waals surface area contributed by atoms with Crippen molar-refractivity contribution in [2.75, 3.05) is 13.6 Å². The van der Waals surface area contributed by atoms with Gasteiger partial charge < -0.3 is 19.7 Å². The summed E-state index contributed by atoms with van der Waals surface area (Å²) in [6, 6.07) is 1.69. The van der Waals surface area contributed by atoms with Crippen LogP contribution in [0.25, 0.3) is 17.1 Å². The van der Waals surface area contributed by atoms with Crippen LogP contribution in [0.15, 0.2) is 72.1 Å². The number of aromatic nitrogens is 2. The van der Waals surface area contributed by atoms with E-state index in [1.165, 1.54) is 17.2 Å². The number of aromatic hydroxyl groups is 1. The Labute approximate surface area is 195 Å². The van der Waals surface area contributed by atoms with Crippen LogP contribution in [0, 0.1) is 0 Å². The first kappa shape index (κ1) is 27.2. The lowest BCUT2D eigenvalue weighted by Crippen LogP contribution is -2.27. The Kier molecular flexibility index (Phi) is 11.1. The lowest BCUT2D eigenvalue weighted by molar-refractivity contribution is -0.124. The van der Waals surface area contributed by atoms with Gasteiger partial charge in [0.25, 0.3) is 5.56 Å². The number of aromatic amines is 1. The maximum Gasteiger partial charge on any atom is 0.256 e. The van der Waals surface area contributed by atoms with Crippen molar-refractivity contribution < 1.29 is 14.6 Å². The van der Waals surface area contributed by atoms with E-state index in [0.29, 0.717) is 46.6 Å². The van der Waals surface area contributed by atoms with Crippen LogP contribution < -0.4 is 5.56 Å². The first-order chi connectivity index (χ1) is 15.8. The summed E-state index contributed by atoms with van der Waals surface area (Å²) in [4.78, 5) is 32.9. The van der Waals surface area contributed by atoms with Gasteiger partial charge in [-0.25, -0.2) is 4.98 Å². The van der Waals surface area contributed by atoms with Crippen molar-refractivity contribution >= 4 is 23.0 Å². The average molecular weight is 452 g/mol. The summed E-state index contributed by atoms with van der Waals surface area (Å²) in [5, 5.41) is 10.8. The topological polar surface area (TPSA) is 95.5 Å². The molecular formula is C26H33N3O4. The number of pyridine rings is 2. The number of likely N-dealkylation sites (N-methyl/N-ethyl adjacent to an activating group) is 1. The highest BCUT2D eigenvalue weighted by molar-refractivity contribution is 5.92. The first-order valence-corrected chi connectivity index (χ1v) is 10.6. The first-order valence-electron chi connectivity index (χ1n) is 10.6. The van der Waals surface area contributed by atoms with Gasteiger partial charge in [-0.3, -0.25) is 9.59 Å². The fourth-order valence-corrected chi connectivity index (χ4v) is 2.93. The van der Waals surface area contributed by atoms with Crippen molar-refractivity contribution in [1.29, 1.82) is 0 Å². The molecule has 33 heavy (non-hydrogen) atoms. The minimum atomic E-state index is -0.349. The SMILES string of the molecule is C/C=C\C(=C/C)O/C(=C/C)CN(C)C(=O)/C=C/c1cnc2[nH]c(=O)c(CC)c(O)c2c1.C=C. The molecule has 0 spiro atoms. The third-order valence-corrected chi connectivity index (χ3v) is 4.68. The molecule has 0 bridgehead atoms. The van der Waals surface area contributed by atoms with Gasteiger partial charge in [-0.1, -0.05) is 13.0 Å². The van der Waals surface area contributed by atoms with E-state index in [0.717, 1.165) is 0 Å². The average Bonchev–Trinajstić information content (AvgIpc) is 2.83. The molecule has 0 aliphatic heterocycles. The van der Waals surface area contributed by atoms with Crippen molar-refractivity contribution in [1.82, 2.24) is 14.9 Å². The van der Waals surface area contributed by atoms with Crippen molar-refractivity contribution in [3.63, 3.8) is 0 Å². The summed E-state index contributed by atoms with van der Waals surface area (Å²) >= 11 is 0. The molecule has 2 rings (SSSR count). The molecule has 2 N–H and O–H groups in total. The van der Waals surface area contributed by atoms with E-state index in [9.17, 15) is 14.7 Å². The Morgan fingerprint density at radius 3 is 2.52 bits per heavy atom. The number of hydrogen-bond donors (Lipinski definition) is 2. The normalized spacial score (nSPS) is 12.2. The smallest absolute Gasteiger partial charge is 0.256 e. The van der Waals surface area contributed by atoms with E-state index in [1.54, 1.807) is 26.1 Å². The summed E-state index contributed by atoms with van der Waals surface area (Å²) in [6.45, 7) is 13.8. The van der Waals surface area contributed by atoms with Gasteiger partial charge in [-0.05, 0) is 63.1 Å². The molecular weight excluding hydrogens is 418 g/mol. The molecule has 2 heterocycles. The van der Waals surface area contributed by atoms with Crippen LogP contribution >= 0.6 is 0 Å². The quantitative estimate of drug-likeness (QED) is 0.258. The molecule has 7 nitrogen and oxygen atoms in total. The molecule has 0 saturated heterocycles. The fraction of sp³-hybridized carbons (Fsp3) is 0.269. The van der Waals surface area contributed by atoms with Gasteiger partial charge in [0, 0.05) is 19.3 Å². The van der Waals surface area contributed by atoms with Crippen molar-refractivity contribution in [3.05, 3.63) is 88.8 Å². The molecule has 0 saturated carbocycles. The number of rotatable bonds is 8. The highest BCUT2D eigenvalue weighted by Crippen LogP contribution is 2.25. The van der Waals surface area contributed by atoms with E-state index in [-0.39, 0.29) is 17.2 Å². The van der Waals surface area contributed by atoms with Gasteiger partial charge in [0.1, 0.15) is 22.9 Å². The van der Waals surface area contributed by atoms with Gasteiger partial charge in [-0.2, -0.15) is 0 Å². The van der Waals surface area contributed by atoms with Crippen molar-refractivity contribution in [2.24, 2.45) is 0 Å². The highest BCUT2D eigenvalue weighted by Gasteiger charge is 2.12. The largest absolute Gasteiger partial charge is 0.507 e. The van der Waals surface area contributed by atoms with Crippen LogP contribution in [0.1, 0.15) is 38.8 Å². The number of hydrogen-bond acceptors (Lipinski definition) is 5. The summed E-state index contributed by atoms with van der Waals surface area (Å²) in [5.74, 6) is 1.07. The molecule has 0 radical (unpaired) electrons. The molecule has 2 aromatic heterocycles. The number of nitrogens with zero attached hydrogens (tertiary/aromatic N) is 2. The Bertz CT molecular complexity index is 1140. The molecule has 0 unspecified atom stereocenters. The van der Waals surface area contributed by atoms with Crippen LogP contribution in [0.3, 0.4) is 0 Å². The monoisotopic (exact) mass is 451 g/mol. The van der Waals surface area contributed by atoms with Crippen LogP contribution in [0.5, 0.6) is 5.75 Å². The third kappa shape index (κ3) is 7.35. The van der Waals surface area contributed by atoms with Gasteiger partial charge in [0.15, 0.2) is 0 Å². The lowest BCUT2D eigenvalue weighted by atomic mass is 10.1. The number of fused-ring (bicyclic) bond motifs is 1. The molecule has 7 heteroatoms. The van der Waals surface area contributed by atoms with Crippen LogP contribution in [-0.2, 0) is 16.0 Å². The van der Waals surface area contributed by atoms with Gasteiger partial charge in [0.05, 0.1) is 17.5 Å². The number of carbonyl (C=O) groups is 1. The molecule has 2 aromatic rings. The molecule has 0 aliphatic carbocycles. The van der Waals surface area contributed by atoms with Crippen molar-refractivity contribution in [3.8, 4) is 5.75 Å². The number of amides is 1. The maximum atomic E-state index is 12.5. The van der Waals surface area contributed by atoms with Crippen molar-refractivity contribution in [2.45, 2.75) is 34.1 Å². The summed E-state index contributed by atoms with van der Waals surface area (Å²) < 4.78 is 5.82. The van der Waals surface area contributed by atoms with Crippen LogP contribution in [0.2, 0.25) is 0 Å². The number of ether oxygens (including phenoxy) is 1. The Hall–Kier alpha value is -3.87. The van der Waals surface area contributed by atoms with Crippen LogP contribution in [0.4, 0.5) is 0 Å². The summed E-state index contributed by atoms with van der Waals surface area (Å²) in [7, 11) is 1.69. The standard InChI is InChI=1S/C24H29N3O4.C2H4/c1-6-10-17(7-2)31-18(8-3)15-27(5)21(28)12-11-16-13-20-22(29)19(9-4)24(30)26-23(20)25-14-16;1-2/h6-8,10-14H,9,15H2,1-5H3,(H2,25,26,29,30);1-2H2/b10-6-,12-11+,17-7+,18-8+;. The second-order valence-corrected chi connectivity index (χ2v) is 6.88. The molecule has 0 fully saturated rings. The van der Waals surface area contributed by atoms with Gasteiger partial charge in [0.2, 0.25) is 5.91 Å². The summed E-state index contributed by atoms with van der Waals surface area (Å²) in [5.41, 5.74) is 0.891. The second kappa shape index (κ2) is 13.5. The van der Waals surface area contributed by atoms with E-state index >= 15 is 0 Å². The lowest BCUT2D eigenvalue weighted by Gasteiger charge is -2.18. The second-order valence-electron chi connectivity index (χ2n) is 6.88. The molecule has 0 aliphatic rings. The number of H-pyrrole nitrogens is 1. The minimum absolute atomic E-state index is 0.0803. The molecule has 0 aromatic carbocycles. The Balaban J connectivity index is 0.00000265. The predicted octanol–water partition coefficient (Wildman–Crippen LogP) is 4.87. The van der Waals surface area contributed by atoms with E-state index in [2.05, 4.69) is 23.1 Å². The van der Waals surface area contributed by atoms with E-state index in [4.69, 9.17) is 4.74 Å². The zero-order valence-electron chi connectivity index (χ0n) is 20.0. The number of allylic oxidation sites excluding steroid dienone is 4. The summed E-state index contributed by atoms with van der Waals surface area (Å²) in [6.07, 6.45) is 12.4. The molecule has 1 amide bonds. The maximum absolute atomic E-state index is 12.5.